The first-order valence-electron chi connectivity index (χ1n) is 9.08. The Hall–Kier alpha value is -3.68. The number of hydrogen-bond acceptors (Lipinski definition) is 6. The van der Waals surface area contributed by atoms with Crippen LogP contribution in [-0.2, 0) is 13.2 Å². The summed E-state index contributed by atoms with van der Waals surface area (Å²) in [4.78, 5) is 12.4. The predicted octanol–water partition coefficient (Wildman–Crippen LogP) is 3.95. The van der Waals surface area contributed by atoms with E-state index in [1.165, 1.54) is 45.6 Å². The van der Waals surface area contributed by atoms with Gasteiger partial charge in [-0.15, -0.1) is 0 Å². The molecule has 0 aliphatic rings. The van der Waals surface area contributed by atoms with E-state index in [4.69, 9.17) is 23.4 Å². The van der Waals surface area contributed by atoms with Crippen molar-refractivity contribution in [2.45, 2.75) is 13.2 Å². The van der Waals surface area contributed by atoms with Gasteiger partial charge >= 0.3 is 0 Å². The minimum Gasteiger partial charge on any atom is -0.493 e. The van der Waals surface area contributed by atoms with E-state index >= 15 is 0 Å². The molecule has 0 atom stereocenters. The number of benzene rings is 2. The van der Waals surface area contributed by atoms with Crippen molar-refractivity contribution in [3.63, 3.8) is 0 Å². The van der Waals surface area contributed by atoms with E-state index < -0.39 is 0 Å². The molecule has 0 fully saturated rings. The van der Waals surface area contributed by atoms with E-state index in [1.54, 1.807) is 24.3 Å². The van der Waals surface area contributed by atoms with Crippen LogP contribution in [0.3, 0.4) is 0 Å². The van der Waals surface area contributed by atoms with Gasteiger partial charge in [0.15, 0.2) is 17.3 Å². The molecule has 3 aromatic rings. The molecule has 1 heterocycles. The number of furan rings is 1. The predicted molar refractivity (Wildman–Crippen MR) is 107 cm³/mol. The molecular weight excluding hydrogens is 393 g/mol. The molecule has 1 aromatic heterocycles. The second-order valence-electron chi connectivity index (χ2n) is 6.22. The minimum atomic E-state index is -0.378. The van der Waals surface area contributed by atoms with Crippen molar-refractivity contribution in [3.05, 3.63) is 71.4 Å². The van der Waals surface area contributed by atoms with E-state index in [0.717, 1.165) is 5.56 Å². The maximum atomic E-state index is 12.9. The molecule has 30 heavy (non-hydrogen) atoms. The quantitative estimate of drug-likeness (QED) is 0.570. The van der Waals surface area contributed by atoms with Crippen molar-refractivity contribution in [1.29, 1.82) is 0 Å². The summed E-state index contributed by atoms with van der Waals surface area (Å²) in [5, 5.41) is 2.78. The van der Waals surface area contributed by atoms with Gasteiger partial charge in [0.1, 0.15) is 23.9 Å². The Morgan fingerprint density at radius 3 is 2.23 bits per heavy atom. The van der Waals surface area contributed by atoms with Gasteiger partial charge in [-0.1, -0.05) is 0 Å². The Bertz CT molecular complexity index is 974. The fraction of sp³-hybridized carbons (Fsp3) is 0.227. The largest absolute Gasteiger partial charge is 0.493 e. The summed E-state index contributed by atoms with van der Waals surface area (Å²) in [5.41, 5.74) is 0.768. The van der Waals surface area contributed by atoms with Gasteiger partial charge in [0.2, 0.25) is 5.75 Å². The molecule has 3 rings (SSSR count). The van der Waals surface area contributed by atoms with Crippen LogP contribution < -0.4 is 24.3 Å². The van der Waals surface area contributed by atoms with E-state index in [1.807, 2.05) is 0 Å². The average molecular weight is 415 g/mol. The highest BCUT2D eigenvalue weighted by molar-refractivity contribution is 5.91. The van der Waals surface area contributed by atoms with Gasteiger partial charge in [-0.3, -0.25) is 4.79 Å². The van der Waals surface area contributed by atoms with Gasteiger partial charge in [-0.05, 0) is 54.1 Å². The van der Waals surface area contributed by atoms with Gasteiger partial charge in [0.25, 0.3) is 5.91 Å². The molecule has 0 aliphatic carbocycles. The summed E-state index contributed by atoms with van der Waals surface area (Å²) in [6, 6.07) is 12.4. The molecule has 0 saturated carbocycles. The van der Waals surface area contributed by atoms with Crippen LogP contribution in [-0.4, -0.2) is 27.2 Å². The number of halogens is 1. The number of carbonyl (C=O) groups is 1. The molecule has 158 valence electrons. The second-order valence-corrected chi connectivity index (χ2v) is 6.22. The summed E-state index contributed by atoms with van der Waals surface area (Å²) in [7, 11) is 4.58. The molecular formula is C22H22FNO6. The van der Waals surface area contributed by atoms with Gasteiger partial charge in [0.05, 0.1) is 21.3 Å². The minimum absolute atomic E-state index is 0.117. The summed E-state index contributed by atoms with van der Waals surface area (Å²) >= 11 is 0. The van der Waals surface area contributed by atoms with Crippen LogP contribution in [0.5, 0.6) is 23.0 Å². The lowest BCUT2D eigenvalue weighted by atomic mass is 10.1. The lowest BCUT2D eigenvalue weighted by Gasteiger charge is -2.14. The Kier molecular flexibility index (Phi) is 6.79. The van der Waals surface area contributed by atoms with Crippen molar-refractivity contribution >= 4 is 5.91 Å². The van der Waals surface area contributed by atoms with Crippen molar-refractivity contribution in [3.8, 4) is 23.0 Å². The molecule has 1 N–H and O–H groups in total. The van der Waals surface area contributed by atoms with Crippen LogP contribution in [0.15, 0.2) is 52.9 Å². The molecule has 0 saturated heterocycles. The van der Waals surface area contributed by atoms with Crippen molar-refractivity contribution < 1.29 is 32.5 Å². The third kappa shape index (κ3) is 5.02. The van der Waals surface area contributed by atoms with Crippen LogP contribution in [0.2, 0.25) is 0 Å². The van der Waals surface area contributed by atoms with Crippen LogP contribution in [0.25, 0.3) is 0 Å². The van der Waals surface area contributed by atoms with Crippen LogP contribution in [0, 0.1) is 5.82 Å². The third-order valence-corrected chi connectivity index (χ3v) is 4.26. The number of amides is 1. The number of rotatable bonds is 9. The summed E-state index contributed by atoms with van der Waals surface area (Å²) < 4.78 is 39.9. The number of methoxy groups -OCH3 is 3. The Morgan fingerprint density at radius 1 is 0.967 bits per heavy atom. The number of carbonyl (C=O) groups excluding carboxylic acids is 1. The number of nitrogens with one attached hydrogen (secondary N) is 1. The Morgan fingerprint density at radius 2 is 1.63 bits per heavy atom. The van der Waals surface area contributed by atoms with Crippen LogP contribution in [0.4, 0.5) is 4.39 Å². The molecule has 0 aliphatic heterocycles. The van der Waals surface area contributed by atoms with Gasteiger partial charge in [-0.2, -0.15) is 0 Å². The summed E-state index contributed by atoms with van der Waals surface area (Å²) in [6.07, 6.45) is 0. The maximum Gasteiger partial charge on any atom is 0.287 e. The average Bonchev–Trinajstić information content (AvgIpc) is 3.25. The first-order valence-corrected chi connectivity index (χ1v) is 9.08. The fourth-order valence-corrected chi connectivity index (χ4v) is 2.77. The lowest BCUT2D eigenvalue weighted by molar-refractivity contribution is 0.0919. The fourth-order valence-electron chi connectivity index (χ4n) is 2.77. The molecule has 1 amide bonds. The zero-order valence-electron chi connectivity index (χ0n) is 16.9. The van der Waals surface area contributed by atoms with Crippen molar-refractivity contribution in [2.24, 2.45) is 0 Å². The van der Waals surface area contributed by atoms with Crippen molar-refractivity contribution in [1.82, 2.24) is 5.32 Å². The lowest BCUT2D eigenvalue weighted by Crippen LogP contribution is -2.22. The Balaban J connectivity index is 1.59. The zero-order chi connectivity index (χ0) is 21.5. The molecule has 0 spiro atoms. The van der Waals surface area contributed by atoms with E-state index in [2.05, 4.69) is 5.32 Å². The third-order valence-electron chi connectivity index (χ3n) is 4.26. The standard InChI is InChI=1S/C22H22FNO6/c1-26-19-10-14(11-20(27-2)21(19)28-3)12-24-22(25)18-9-8-17(30-18)13-29-16-6-4-15(23)5-7-16/h4-11H,12-13H2,1-3H3,(H,24,25). The molecule has 0 radical (unpaired) electrons. The van der Waals surface area contributed by atoms with E-state index in [0.29, 0.717) is 28.8 Å². The van der Waals surface area contributed by atoms with Gasteiger partial charge < -0.3 is 28.7 Å². The molecule has 0 unspecified atom stereocenters. The SMILES string of the molecule is COc1cc(CNC(=O)c2ccc(COc3ccc(F)cc3)o2)cc(OC)c1OC. The summed E-state index contributed by atoms with van der Waals surface area (Å²) in [6.45, 7) is 0.351. The molecule has 7 nitrogen and oxygen atoms in total. The highest BCUT2D eigenvalue weighted by Gasteiger charge is 2.15. The zero-order valence-corrected chi connectivity index (χ0v) is 16.9. The first-order chi connectivity index (χ1) is 14.5. The smallest absolute Gasteiger partial charge is 0.287 e. The van der Waals surface area contributed by atoms with Gasteiger partial charge in [-0.25, -0.2) is 4.39 Å². The topological polar surface area (TPSA) is 79.2 Å². The first kappa shape index (κ1) is 21.0. The highest BCUT2D eigenvalue weighted by Crippen LogP contribution is 2.38. The number of ether oxygens (including phenoxy) is 4. The number of hydrogen-bond donors (Lipinski definition) is 1. The monoisotopic (exact) mass is 415 g/mol. The normalized spacial score (nSPS) is 10.4. The Labute approximate surface area is 173 Å². The highest BCUT2D eigenvalue weighted by atomic mass is 19.1. The van der Waals surface area contributed by atoms with E-state index in [-0.39, 0.29) is 30.6 Å². The van der Waals surface area contributed by atoms with Gasteiger partial charge in [0, 0.05) is 6.54 Å². The summed E-state index contributed by atoms with van der Waals surface area (Å²) in [5.74, 6) is 1.88. The van der Waals surface area contributed by atoms with Crippen LogP contribution in [0.1, 0.15) is 21.9 Å². The molecule has 0 bridgehead atoms. The van der Waals surface area contributed by atoms with Crippen molar-refractivity contribution in [2.75, 3.05) is 21.3 Å². The molecule has 2 aromatic carbocycles. The maximum absolute atomic E-state index is 12.9. The van der Waals surface area contributed by atoms with E-state index in [9.17, 15) is 9.18 Å². The molecule has 8 heteroatoms. The van der Waals surface area contributed by atoms with Crippen LogP contribution >= 0.6 is 0 Å². The second kappa shape index (κ2) is 9.69.